The lowest BCUT2D eigenvalue weighted by atomic mass is 10.0. The van der Waals surface area contributed by atoms with Gasteiger partial charge in [0.2, 0.25) is 0 Å². The van der Waals surface area contributed by atoms with E-state index in [1.165, 1.54) is 19.3 Å². The van der Waals surface area contributed by atoms with Crippen LogP contribution >= 0.6 is 0 Å². The highest BCUT2D eigenvalue weighted by Gasteiger charge is 2.28. The number of hydrogen-bond acceptors (Lipinski definition) is 4. The van der Waals surface area contributed by atoms with Crippen LogP contribution in [0.3, 0.4) is 0 Å². The van der Waals surface area contributed by atoms with Crippen molar-refractivity contribution in [2.75, 3.05) is 19.7 Å². The lowest BCUT2D eigenvalue weighted by Gasteiger charge is -2.37. The van der Waals surface area contributed by atoms with Crippen molar-refractivity contribution < 1.29 is 4.74 Å². The lowest BCUT2D eigenvalue weighted by Crippen LogP contribution is -2.44. The molecule has 0 amide bonds. The molecule has 0 aromatic carbocycles. The first kappa shape index (κ1) is 13.8. The Bertz CT molecular complexity index is 456. The number of rotatable bonds is 4. The highest BCUT2D eigenvalue weighted by molar-refractivity contribution is 5.02. The molecule has 110 valence electrons. The average Bonchev–Trinajstić information content (AvgIpc) is 2.97. The molecule has 0 spiro atoms. The van der Waals surface area contributed by atoms with Gasteiger partial charge in [-0.25, -0.2) is 4.98 Å². The number of aromatic amines is 1. The second-order valence-corrected chi connectivity index (χ2v) is 5.67. The summed E-state index contributed by atoms with van der Waals surface area (Å²) in [6.45, 7) is 4.83. The summed E-state index contributed by atoms with van der Waals surface area (Å²) < 4.78 is 5.87. The van der Waals surface area contributed by atoms with E-state index in [2.05, 4.69) is 39.2 Å². The van der Waals surface area contributed by atoms with Gasteiger partial charge in [-0.15, -0.1) is 0 Å². The van der Waals surface area contributed by atoms with Crippen molar-refractivity contribution in [3.8, 4) is 0 Å². The molecule has 5 heteroatoms. The van der Waals surface area contributed by atoms with Crippen LogP contribution in [0.25, 0.3) is 0 Å². The quantitative estimate of drug-likeness (QED) is 0.857. The van der Waals surface area contributed by atoms with Gasteiger partial charge in [-0.3, -0.25) is 10.00 Å². The number of morpholine rings is 1. The van der Waals surface area contributed by atoms with Crippen molar-refractivity contribution in [1.82, 2.24) is 20.1 Å². The first-order chi connectivity index (χ1) is 9.86. The van der Waals surface area contributed by atoms with Crippen LogP contribution in [0.2, 0.25) is 0 Å². The van der Waals surface area contributed by atoms with Crippen molar-refractivity contribution in [1.29, 1.82) is 0 Å². The standard InChI is InChI=1S/C15H24N4O/c1-2-6-14-16-15(18-17-14)13-11-19(9-10-20-13)12-7-4-3-5-8-12/h4,7,12-13H,2-3,5-6,8-11H2,1H3,(H,16,17,18)/t12-,13-/m1/s1. The first-order valence-corrected chi connectivity index (χ1v) is 7.80. The predicted molar refractivity (Wildman–Crippen MR) is 77.4 cm³/mol. The lowest BCUT2D eigenvalue weighted by molar-refractivity contribution is -0.0442. The zero-order valence-corrected chi connectivity index (χ0v) is 12.2. The maximum Gasteiger partial charge on any atom is 0.180 e. The van der Waals surface area contributed by atoms with Crippen LogP contribution in [-0.4, -0.2) is 45.8 Å². The Balaban J connectivity index is 1.64. The molecule has 1 aliphatic heterocycles. The monoisotopic (exact) mass is 276 g/mol. The van der Waals surface area contributed by atoms with E-state index in [-0.39, 0.29) is 6.10 Å². The van der Waals surface area contributed by atoms with Gasteiger partial charge in [0, 0.05) is 25.6 Å². The van der Waals surface area contributed by atoms with Gasteiger partial charge in [-0.1, -0.05) is 19.1 Å². The summed E-state index contributed by atoms with van der Waals surface area (Å²) in [5.41, 5.74) is 0. The molecule has 1 aliphatic carbocycles. The van der Waals surface area contributed by atoms with Gasteiger partial charge in [-0.2, -0.15) is 5.10 Å². The van der Waals surface area contributed by atoms with Gasteiger partial charge in [0.05, 0.1) is 6.61 Å². The number of nitrogens with zero attached hydrogens (tertiary/aromatic N) is 3. The molecule has 2 atom stereocenters. The molecule has 1 N–H and O–H groups in total. The van der Waals surface area contributed by atoms with E-state index >= 15 is 0 Å². The molecular formula is C15H24N4O. The second kappa shape index (κ2) is 6.50. The summed E-state index contributed by atoms with van der Waals surface area (Å²) in [6.07, 6.45) is 10.5. The Labute approximate surface area is 120 Å². The summed E-state index contributed by atoms with van der Waals surface area (Å²) in [7, 11) is 0. The molecule has 3 rings (SSSR count). The van der Waals surface area contributed by atoms with Crippen LogP contribution in [0.4, 0.5) is 0 Å². The molecule has 1 aromatic rings. The van der Waals surface area contributed by atoms with Gasteiger partial charge in [-0.05, 0) is 25.7 Å². The van der Waals surface area contributed by atoms with E-state index in [0.29, 0.717) is 6.04 Å². The first-order valence-electron chi connectivity index (χ1n) is 7.80. The van der Waals surface area contributed by atoms with E-state index < -0.39 is 0 Å². The molecule has 1 fully saturated rings. The molecule has 0 radical (unpaired) electrons. The van der Waals surface area contributed by atoms with Crippen LogP contribution in [0.5, 0.6) is 0 Å². The van der Waals surface area contributed by atoms with E-state index in [1.54, 1.807) is 0 Å². The van der Waals surface area contributed by atoms with E-state index in [1.807, 2.05) is 0 Å². The van der Waals surface area contributed by atoms with Crippen molar-refractivity contribution in [2.45, 2.75) is 51.2 Å². The summed E-state index contributed by atoms with van der Waals surface area (Å²) >= 11 is 0. The zero-order valence-electron chi connectivity index (χ0n) is 12.2. The normalized spacial score (nSPS) is 27.9. The summed E-state index contributed by atoms with van der Waals surface area (Å²) in [4.78, 5) is 7.08. The topological polar surface area (TPSA) is 54.0 Å². The van der Waals surface area contributed by atoms with Gasteiger partial charge in [0.25, 0.3) is 0 Å². The Kier molecular flexibility index (Phi) is 4.47. The fourth-order valence-electron chi connectivity index (χ4n) is 3.03. The number of H-pyrrole nitrogens is 1. The summed E-state index contributed by atoms with van der Waals surface area (Å²) in [5.74, 6) is 1.79. The SMILES string of the molecule is CCCc1nc([C@H]2CN([C@@H]3C=CCCC3)CCO2)n[nH]1. The number of ether oxygens (including phenoxy) is 1. The van der Waals surface area contributed by atoms with Gasteiger partial charge in [0.1, 0.15) is 11.9 Å². The minimum absolute atomic E-state index is 0.0148. The second-order valence-electron chi connectivity index (χ2n) is 5.67. The number of aryl methyl sites for hydroxylation is 1. The summed E-state index contributed by atoms with van der Waals surface area (Å²) in [5, 5.41) is 7.36. The molecule has 1 aromatic heterocycles. The minimum atomic E-state index is 0.0148. The van der Waals surface area contributed by atoms with Crippen molar-refractivity contribution in [3.05, 3.63) is 23.8 Å². The zero-order chi connectivity index (χ0) is 13.8. The van der Waals surface area contributed by atoms with Crippen LogP contribution in [-0.2, 0) is 11.2 Å². The van der Waals surface area contributed by atoms with E-state index in [4.69, 9.17) is 4.74 Å². The fourth-order valence-corrected chi connectivity index (χ4v) is 3.03. The smallest absolute Gasteiger partial charge is 0.180 e. The number of hydrogen-bond donors (Lipinski definition) is 1. The molecule has 0 bridgehead atoms. The van der Waals surface area contributed by atoms with Gasteiger partial charge >= 0.3 is 0 Å². The number of aromatic nitrogens is 3. The summed E-state index contributed by atoms with van der Waals surface area (Å²) in [6, 6.07) is 0.573. The van der Waals surface area contributed by atoms with Gasteiger partial charge in [0.15, 0.2) is 5.82 Å². The molecular weight excluding hydrogens is 252 g/mol. The molecule has 2 heterocycles. The van der Waals surface area contributed by atoms with Crippen LogP contribution in [0.15, 0.2) is 12.2 Å². The van der Waals surface area contributed by atoms with Crippen molar-refractivity contribution >= 4 is 0 Å². The predicted octanol–water partition coefficient (Wildman–Crippen LogP) is 2.24. The van der Waals surface area contributed by atoms with Crippen LogP contribution in [0, 0.1) is 0 Å². The fraction of sp³-hybridized carbons (Fsp3) is 0.733. The highest BCUT2D eigenvalue weighted by atomic mass is 16.5. The average molecular weight is 276 g/mol. The van der Waals surface area contributed by atoms with Crippen molar-refractivity contribution in [3.63, 3.8) is 0 Å². The number of allylic oxidation sites excluding steroid dienone is 1. The third kappa shape index (κ3) is 3.10. The van der Waals surface area contributed by atoms with Crippen LogP contribution < -0.4 is 0 Å². The van der Waals surface area contributed by atoms with Gasteiger partial charge < -0.3 is 4.74 Å². The minimum Gasteiger partial charge on any atom is -0.367 e. The maximum absolute atomic E-state index is 5.87. The molecule has 2 aliphatic rings. The molecule has 0 unspecified atom stereocenters. The molecule has 1 saturated heterocycles. The highest BCUT2D eigenvalue weighted by Crippen LogP contribution is 2.24. The van der Waals surface area contributed by atoms with E-state index in [0.717, 1.165) is 44.2 Å². The third-order valence-electron chi connectivity index (χ3n) is 4.12. The Hall–Kier alpha value is -1.20. The van der Waals surface area contributed by atoms with E-state index in [9.17, 15) is 0 Å². The third-order valence-corrected chi connectivity index (χ3v) is 4.12. The molecule has 5 nitrogen and oxygen atoms in total. The molecule has 0 saturated carbocycles. The van der Waals surface area contributed by atoms with Crippen molar-refractivity contribution in [2.24, 2.45) is 0 Å². The maximum atomic E-state index is 5.87. The van der Waals surface area contributed by atoms with Crippen LogP contribution in [0.1, 0.15) is 50.4 Å². The Morgan fingerprint density at radius 1 is 1.50 bits per heavy atom. The molecule has 20 heavy (non-hydrogen) atoms. The largest absolute Gasteiger partial charge is 0.367 e. The number of nitrogens with one attached hydrogen (secondary N) is 1. The Morgan fingerprint density at radius 3 is 3.25 bits per heavy atom. The Morgan fingerprint density at radius 2 is 2.45 bits per heavy atom.